The lowest BCUT2D eigenvalue weighted by molar-refractivity contribution is 0.172. The first-order chi connectivity index (χ1) is 15.2. The minimum Gasteiger partial charge on any atom is -0.493 e. The fourth-order valence-electron chi connectivity index (χ4n) is 3.08. The summed E-state index contributed by atoms with van der Waals surface area (Å²) in [4.78, 5) is 4.78. The van der Waals surface area contributed by atoms with Crippen molar-refractivity contribution >= 4 is 35.6 Å². The van der Waals surface area contributed by atoms with Crippen molar-refractivity contribution in [3.8, 4) is 11.4 Å². The van der Waals surface area contributed by atoms with Crippen LogP contribution in [-0.4, -0.2) is 42.6 Å². The second kappa shape index (κ2) is 13.7. The third kappa shape index (κ3) is 7.83. The number of nitrogens with one attached hydrogen (secondary N) is 2. The van der Waals surface area contributed by atoms with E-state index in [-0.39, 0.29) is 24.0 Å². The molecule has 1 aromatic heterocycles. The van der Waals surface area contributed by atoms with Crippen molar-refractivity contribution in [2.75, 3.05) is 32.2 Å². The summed E-state index contributed by atoms with van der Waals surface area (Å²) in [5.41, 5.74) is 4.03. The van der Waals surface area contributed by atoms with Crippen molar-refractivity contribution in [2.45, 2.75) is 26.8 Å². The van der Waals surface area contributed by atoms with Gasteiger partial charge in [0.05, 0.1) is 24.5 Å². The Labute approximate surface area is 207 Å². The van der Waals surface area contributed by atoms with Gasteiger partial charge >= 0.3 is 0 Å². The zero-order chi connectivity index (χ0) is 21.9. The van der Waals surface area contributed by atoms with Crippen LogP contribution in [0.5, 0.6) is 5.75 Å². The van der Waals surface area contributed by atoms with Crippen molar-refractivity contribution in [1.29, 1.82) is 0 Å². The Morgan fingerprint density at radius 3 is 2.69 bits per heavy atom. The molecular weight excluding hydrogens is 517 g/mol. The molecule has 3 rings (SSSR count). The Bertz CT molecular complexity index is 990. The number of hydrogen-bond acceptors (Lipinski definition) is 4. The topological polar surface area (TPSA) is 72.7 Å². The van der Waals surface area contributed by atoms with E-state index in [0.29, 0.717) is 25.7 Å². The molecule has 32 heavy (non-hydrogen) atoms. The number of halogens is 1. The van der Waals surface area contributed by atoms with E-state index in [1.54, 1.807) is 7.11 Å². The summed E-state index contributed by atoms with van der Waals surface area (Å²) in [6.07, 6.45) is 2.83. The van der Waals surface area contributed by atoms with Crippen molar-refractivity contribution in [3.05, 3.63) is 72.1 Å². The fourth-order valence-corrected chi connectivity index (χ4v) is 3.08. The number of aromatic nitrogens is 2. The highest BCUT2D eigenvalue weighted by atomic mass is 127. The van der Waals surface area contributed by atoms with Crippen LogP contribution in [0.2, 0.25) is 0 Å². The summed E-state index contributed by atoms with van der Waals surface area (Å²) in [5.74, 6) is 1.53. The minimum atomic E-state index is 0. The van der Waals surface area contributed by atoms with Crippen molar-refractivity contribution in [2.24, 2.45) is 4.99 Å². The van der Waals surface area contributed by atoms with E-state index >= 15 is 0 Å². The first-order valence-electron chi connectivity index (χ1n) is 10.6. The predicted molar refractivity (Wildman–Crippen MR) is 141 cm³/mol. The molecule has 8 heteroatoms. The lowest BCUT2D eigenvalue weighted by atomic mass is 10.2. The van der Waals surface area contributed by atoms with Gasteiger partial charge in [0.2, 0.25) is 0 Å². The Kier molecular flexibility index (Phi) is 11.0. The van der Waals surface area contributed by atoms with Gasteiger partial charge in [0.15, 0.2) is 5.96 Å². The lowest BCUT2D eigenvalue weighted by Gasteiger charge is -2.14. The normalized spacial score (nSPS) is 11.0. The van der Waals surface area contributed by atoms with Gasteiger partial charge < -0.3 is 20.1 Å². The molecule has 0 radical (unpaired) electrons. The number of benzene rings is 2. The van der Waals surface area contributed by atoms with Crippen LogP contribution in [0.25, 0.3) is 5.69 Å². The highest BCUT2D eigenvalue weighted by Gasteiger charge is 2.06. The summed E-state index contributed by atoms with van der Waals surface area (Å²) in [6, 6.07) is 18.1. The third-order valence-electron chi connectivity index (χ3n) is 4.57. The van der Waals surface area contributed by atoms with Gasteiger partial charge in [0.25, 0.3) is 0 Å². The molecule has 0 aliphatic heterocycles. The maximum absolute atomic E-state index is 5.80. The second-order valence-electron chi connectivity index (χ2n) is 7.07. The largest absolute Gasteiger partial charge is 0.493 e. The van der Waals surface area contributed by atoms with Crippen molar-refractivity contribution < 1.29 is 9.47 Å². The Balaban J connectivity index is 0.00000363. The molecule has 3 aromatic rings. The molecule has 0 amide bonds. The van der Waals surface area contributed by atoms with Crippen LogP contribution in [0.3, 0.4) is 0 Å². The molecule has 0 bridgehead atoms. The number of para-hydroxylation sites is 1. The molecule has 0 unspecified atom stereocenters. The van der Waals surface area contributed by atoms with Gasteiger partial charge in [-0.1, -0.05) is 24.3 Å². The molecule has 7 nitrogen and oxygen atoms in total. The number of aryl methyl sites for hydroxylation is 1. The third-order valence-corrected chi connectivity index (χ3v) is 4.57. The quantitative estimate of drug-likeness (QED) is 0.165. The number of aliphatic imine (C=N–C) groups is 1. The van der Waals surface area contributed by atoms with Crippen LogP contribution in [-0.2, 0) is 11.3 Å². The van der Waals surface area contributed by atoms with E-state index < -0.39 is 0 Å². The van der Waals surface area contributed by atoms with Gasteiger partial charge in [-0.05, 0) is 43.7 Å². The number of nitrogens with zero attached hydrogens (tertiary/aromatic N) is 3. The highest BCUT2D eigenvalue weighted by molar-refractivity contribution is 14.0. The van der Waals surface area contributed by atoms with Gasteiger partial charge in [0.1, 0.15) is 5.75 Å². The molecule has 0 saturated heterocycles. The van der Waals surface area contributed by atoms with Gasteiger partial charge in [-0.2, -0.15) is 5.10 Å². The number of methoxy groups -OCH3 is 1. The number of rotatable bonds is 10. The summed E-state index contributed by atoms with van der Waals surface area (Å²) in [7, 11) is 1.70. The molecule has 172 valence electrons. The SMILES string of the molecule is CCNC(=NCc1ccccc1-n1ccc(C)n1)Nc1cccc(OCCCOC)c1.I. The number of hydrogen-bond donors (Lipinski definition) is 2. The monoisotopic (exact) mass is 549 g/mol. The summed E-state index contributed by atoms with van der Waals surface area (Å²) < 4.78 is 12.8. The second-order valence-corrected chi connectivity index (χ2v) is 7.07. The predicted octanol–water partition coefficient (Wildman–Crippen LogP) is 4.79. The van der Waals surface area contributed by atoms with Crippen LogP contribution in [0, 0.1) is 6.92 Å². The standard InChI is InChI=1S/C24H31N5O2.HI/c1-4-25-24(27-21-10-7-11-22(17-21)31-16-8-15-30-3)26-18-20-9-5-6-12-23(20)29-14-13-19(2)28-29;/h5-7,9-14,17H,4,8,15-16,18H2,1-3H3,(H2,25,26,27);1H. The van der Waals surface area contributed by atoms with Gasteiger partial charge in [-0.3, -0.25) is 0 Å². The molecule has 2 N–H and O–H groups in total. The zero-order valence-electron chi connectivity index (χ0n) is 18.9. The van der Waals surface area contributed by atoms with Crippen LogP contribution >= 0.6 is 24.0 Å². The number of ether oxygens (including phenoxy) is 2. The molecule has 1 heterocycles. The van der Waals surface area contributed by atoms with Gasteiger partial charge in [-0.25, -0.2) is 9.67 Å². The summed E-state index contributed by atoms with van der Waals surface area (Å²) >= 11 is 0. The minimum absolute atomic E-state index is 0. The summed E-state index contributed by atoms with van der Waals surface area (Å²) in [5, 5.41) is 11.2. The van der Waals surface area contributed by atoms with Crippen molar-refractivity contribution in [3.63, 3.8) is 0 Å². The van der Waals surface area contributed by atoms with Crippen LogP contribution in [0.4, 0.5) is 5.69 Å². The van der Waals surface area contributed by atoms with E-state index in [1.807, 2.05) is 67.2 Å². The molecule has 0 aliphatic carbocycles. The first-order valence-corrected chi connectivity index (χ1v) is 10.6. The molecule has 0 atom stereocenters. The molecule has 2 aromatic carbocycles. The average Bonchev–Trinajstić information content (AvgIpc) is 3.22. The van der Waals surface area contributed by atoms with Crippen molar-refractivity contribution in [1.82, 2.24) is 15.1 Å². The van der Waals surface area contributed by atoms with Crippen LogP contribution in [0.15, 0.2) is 65.8 Å². The average molecular weight is 549 g/mol. The number of anilines is 1. The smallest absolute Gasteiger partial charge is 0.196 e. The molecular formula is C24H32IN5O2. The van der Waals surface area contributed by atoms with Gasteiger partial charge in [0, 0.05) is 44.6 Å². The molecule has 0 aliphatic rings. The molecule has 0 saturated carbocycles. The Morgan fingerprint density at radius 1 is 1.09 bits per heavy atom. The molecule has 0 spiro atoms. The van der Waals surface area contributed by atoms with Crippen LogP contribution in [0.1, 0.15) is 24.6 Å². The van der Waals surface area contributed by atoms with E-state index in [0.717, 1.165) is 41.3 Å². The van der Waals surface area contributed by atoms with E-state index in [2.05, 4.69) is 27.9 Å². The fraction of sp³-hybridized carbons (Fsp3) is 0.333. The molecule has 0 fully saturated rings. The van der Waals surface area contributed by atoms with Crippen LogP contribution < -0.4 is 15.4 Å². The maximum Gasteiger partial charge on any atom is 0.196 e. The van der Waals surface area contributed by atoms with E-state index in [1.165, 1.54) is 0 Å². The highest BCUT2D eigenvalue weighted by Crippen LogP contribution is 2.18. The van der Waals surface area contributed by atoms with E-state index in [9.17, 15) is 0 Å². The summed E-state index contributed by atoms with van der Waals surface area (Å²) in [6.45, 7) is 6.63. The number of guanidine groups is 1. The maximum atomic E-state index is 5.80. The zero-order valence-corrected chi connectivity index (χ0v) is 21.2. The van der Waals surface area contributed by atoms with E-state index in [4.69, 9.17) is 14.5 Å². The Morgan fingerprint density at radius 2 is 1.94 bits per heavy atom. The lowest BCUT2D eigenvalue weighted by Crippen LogP contribution is -2.30. The Hall–Kier alpha value is -2.59. The first kappa shape index (κ1) is 25.7. The van der Waals surface area contributed by atoms with Gasteiger partial charge in [-0.15, -0.1) is 24.0 Å².